The Morgan fingerprint density at radius 1 is 0.405 bits per heavy atom. The van der Waals surface area contributed by atoms with Crippen molar-refractivity contribution >= 4 is 43.5 Å². The highest BCUT2D eigenvalue weighted by atomic mass is 16.3. The number of furan rings is 1. The van der Waals surface area contributed by atoms with Crippen LogP contribution in [0.25, 0.3) is 76.9 Å². The van der Waals surface area contributed by atoms with Gasteiger partial charge in [0.15, 0.2) is 0 Å². The summed E-state index contributed by atoms with van der Waals surface area (Å²) in [4.78, 5) is 0. The molecule has 0 unspecified atom stereocenters. The molecular weight excluding hydrogens is 508 g/mol. The van der Waals surface area contributed by atoms with Crippen LogP contribution >= 0.6 is 0 Å². The molecule has 0 aliphatic heterocycles. The van der Waals surface area contributed by atoms with Gasteiger partial charge in [-0.1, -0.05) is 129 Å². The van der Waals surface area contributed by atoms with Crippen LogP contribution < -0.4 is 0 Å². The summed E-state index contributed by atoms with van der Waals surface area (Å²) in [6.45, 7) is 4.71. The van der Waals surface area contributed by atoms with Crippen molar-refractivity contribution in [1.29, 1.82) is 0 Å². The minimum absolute atomic E-state index is 0.0462. The molecule has 1 aliphatic rings. The van der Waals surface area contributed by atoms with Crippen molar-refractivity contribution in [2.45, 2.75) is 19.3 Å². The second kappa shape index (κ2) is 8.44. The van der Waals surface area contributed by atoms with Crippen LogP contribution in [0.5, 0.6) is 0 Å². The van der Waals surface area contributed by atoms with Gasteiger partial charge in [0.05, 0.1) is 0 Å². The summed E-state index contributed by atoms with van der Waals surface area (Å²) in [6, 6.07) is 48.7. The minimum atomic E-state index is -0.0462. The molecule has 8 aromatic rings. The van der Waals surface area contributed by atoms with Gasteiger partial charge in [-0.3, -0.25) is 0 Å². The third-order valence-electron chi connectivity index (χ3n) is 9.48. The van der Waals surface area contributed by atoms with Gasteiger partial charge >= 0.3 is 0 Å². The molecule has 1 aliphatic carbocycles. The SMILES string of the molecule is CC1(C)c2ccccc2-c2c(-c3c4ccccc4c(-c4ccc5c(c4)oc4ccccc45)c4ccccc34)cccc21. The maximum absolute atomic E-state index is 6.33. The van der Waals surface area contributed by atoms with Gasteiger partial charge in [-0.25, -0.2) is 0 Å². The Morgan fingerprint density at radius 3 is 1.69 bits per heavy atom. The lowest BCUT2D eigenvalue weighted by atomic mass is 9.80. The van der Waals surface area contributed by atoms with E-state index in [0.29, 0.717) is 0 Å². The first-order valence-electron chi connectivity index (χ1n) is 14.7. The third kappa shape index (κ3) is 3.08. The predicted molar refractivity (Wildman–Crippen MR) is 177 cm³/mol. The lowest BCUT2D eigenvalue weighted by Gasteiger charge is -2.22. The Morgan fingerprint density at radius 2 is 0.952 bits per heavy atom. The van der Waals surface area contributed by atoms with E-state index in [1.165, 1.54) is 66.1 Å². The zero-order valence-corrected chi connectivity index (χ0v) is 23.6. The van der Waals surface area contributed by atoms with Gasteiger partial charge in [0, 0.05) is 16.2 Å². The van der Waals surface area contributed by atoms with Gasteiger partial charge in [0.1, 0.15) is 11.2 Å². The lowest BCUT2D eigenvalue weighted by Crippen LogP contribution is -2.14. The van der Waals surface area contributed by atoms with E-state index in [-0.39, 0.29) is 5.41 Å². The largest absolute Gasteiger partial charge is 0.456 e. The molecule has 0 bridgehead atoms. The quantitative estimate of drug-likeness (QED) is 0.200. The molecule has 0 radical (unpaired) electrons. The van der Waals surface area contributed by atoms with Crippen LogP contribution in [0, 0.1) is 0 Å². The molecule has 0 saturated heterocycles. The van der Waals surface area contributed by atoms with Crippen LogP contribution in [-0.4, -0.2) is 0 Å². The van der Waals surface area contributed by atoms with Gasteiger partial charge in [-0.2, -0.15) is 0 Å². The van der Waals surface area contributed by atoms with Crippen LogP contribution in [0.4, 0.5) is 0 Å². The molecule has 1 heteroatoms. The minimum Gasteiger partial charge on any atom is -0.456 e. The first-order valence-corrected chi connectivity index (χ1v) is 14.7. The second-order valence-corrected chi connectivity index (χ2v) is 12.0. The highest BCUT2D eigenvalue weighted by molar-refractivity contribution is 6.23. The first-order chi connectivity index (χ1) is 20.6. The number of hydrogen-bond acceptors (Lipinski definition) is 1. The Bertz CT molecular complexity index is 2330. The van der Waals surface area contributed by atoms with E-state index in [1.807, 2.05) is 12.1 Å². The molecule has 1 heterocycles. The average Bonchev–Trinajstić information content (AvgIpc) is 3.52. The zero-order valence-electron chi connectivity index (χ0n) is 23.6. The molecule has 42 heavy (non-hydrogen) atoms. The maximum Gasteiger partial charge on any atom is 0.136 e. The summed E-state index contributed by atoms with van der Waals surface area (Å²) in [5.41, 5.74) is 12.3. The number of fused-ring (bicyclic) bond motifs is 8. The maximum atomic E-state index is 6.33. The van der Waals surface area contributed by atoms with Crippen molar-refractivity contribution < 1.29 is 4.42 Å². The highest BCUT2D eigenvalue weighted by Gasteiger charge is 2.37. The van der Waals surface area contributed by atoms with Crippen LogP contribution in [0.3, 0.4) is 0 Å². The third-order valence-corrected chi connectivity index (χ3v) is 9.48. The number of benzene rings is 7. The van der Waals surface area contributed by atoms with E-state index in [4.69, 9.17) is 4.42 Å². The molecular formula is C41H28O. The molecule has 7 aromatic carbocycles. The van der Waals surface area contributed by atoms with Crippen molar-refractivity contribution in [2.24, 2.45) is 0 Å². The van der Waals surface area contributed by atoms with E-state index < -0.39 is 0 Å². The zero-order chi connectivity index (χ0) is 28.0. The Hall–Kier alpha value is -5.14. The topological polar surface area (TPSA) is 13.1 Å². The van der Waals surface area contributed by atoms with Crippen LogP contribution in [0.1, 0.15) is 25.0 Å². The van der Waals surface area contributed by atoms with Crippen molar-refractivity contribution in [3.8, 4) is 33.4 Å². The van der Waals surface area contributed by atoms with Crippen LogP contribution in [0.2, 0.25) is 0 Å². The van der Waals surface area contributed by atoms with Gasteiger partial charge < -0.3 is 4.42 Å². The summed E-state index contributed by atoms with van der Waals surface area (Å²) in [5.74, 6) is 0. The van der Waals surface area contributed by atoms with Gasteiger partial charge in [-0.05, 0) is 84.3 Å². The number of rotatable bonds is 2. The summed E-state index contributed by atoms with van der Waals surface area (Å²) >= 11 is 0. The molecule has 0 spiro atoms. The van der Waals surface area contributed by atoms with E-state index >= 15 is 0 Å². The van der Waals surface area contributed by atoms with Gasteiger partial charge in [-0.15, -0.1) is 0 Å². The normalized spacial score (nSPS) is 13.7. The molecule has 1 aromatic heterocycles. The molecule has 0 atom stereocenters. The molecule has 0 fully saturated rings. The van der Waals surface area contributed by atoms with Crippen LogP contribution in [-0.2, 0) is 5.41 Å². The van der Waals surface area contributed by atoms with Crippen molar-refractivity contribution in [2.75, 3.05) is 0 Å². The summed E-state index contributed by atoms with van der Waals surface area (Å²) in [6.07, 6.45) is 0. The van der Waals surface area contributed by atoms with Crippen molar-refractivity contribution in [1.82, 2.24) is 0 Å². The van der Waals surface area contributed by atoms with E-state index in [2.05, 4.69) is 135 Å². The molecule has 198 valence electrons. The first kappa shape index (κ1) is 23.6. The highest BCUT2D eigenvalue weighted by Crippen LogP contribution is 2.54. The Labute approximate surface area is 244 Å². The predicted octanol–water partition coefficient (Wildman–Crippen LogP) is 11.5. The molecule has 1 nitrogen and oxygen atoms in total. The fourth-order valence-electron chi connectivity index (χ4n) is 7.57. The van der Waals surface area contributed by atoms with Crippen molar-refractivity contribution in [3.63, 3.8) is 0 Å². The molecule has 0 N–H and O–H groups in total. The fraction of sp³-hybridized carbons (Fsp3) is 0.0732. The average molecular weight is 537 g/mol. The van der Waals surface area contributed by atoms with Crippen molar-refractivity contribution in [3.05, 3.63) is 145 Å². The smallest absolute Gasteiger partial charge is 0.136 e. The van der Waals surface area contributed by atoms with Gasteiger partial charge in [0.2, 0.25) is 0 Å². The van der Waals surface area contributed by atoms with Gasteiger partial charge in [0.25, 0.3) is 0 Å². The molecule has 0 saturated carbocycles. The Kier molecular flexibility index (Phi) is 4.73. The fourth-order valence-corrected chi connectivity index (χ4v) is 7.57. The van der Waals surface area contributed by atoms with E-state index in [0.717, 1.165) is 21.9 Å². The summed E-state index contributed by atoms with van der Waals surface area (Å²) < 4.78 is 6.33. The molecule has 9 rings (SSSR count). The summed E-state index contributed by atoms with van der Waals surface area (Å²) in [7, 11) is 0. The summed E-state index contributed by atoms with van der Waals surface area (Å²) in [5, 5.41) is 7.36. The standard InChI is InChI=1S/C41H28O/c1-41(2)34-19-9-7-17-32(34)40-33(18-11-20-35(40)41)39-30-15-5-3-13-28(30)38(29-14-4-6-16-31(29)39)25-22-23-27-26-12-8-10-21-36(26)42-37(27)24-25/h3-24H,1-2H3. The monoisotopic (exact) mass is 536 g/mol. The lowest BCUT2D eigenvalue weighted by molar-refractivity contribution is 0.660. The number of hydrogen-bond donors (Lipinski definition) is 0. The Balaban J connectivity index is 1.39. The van der Waals surface area contributed by atoms with E-state index in [1.54, 1.807) is 0 Å². The second-order valence-electron chi connectivity index (χ2n) is 12.0. The molecule has 0 amide bonds. The van der Waals surface area contributed by atoms with E-state index in [9.17, 15) is 0 Å². The van der Waals surface area contributed by atoms with Crippen LogP contribution in [0.15, 0.2) is 138 Å². The number of para-hydroxylation sites is 1.